The molecule has 1 aliphatic heterocycles. The highest BCUT2D eigenvalue weighted by molar-refractivity contribution is 5.75. The van der Waals surface area contributed by atoms with E-state index in [2.05, 4.69) is 14.7 Å². The highest BCUT2D eigenvalue weighted by atomic mass is 19.4. The minimum Gasteiger partial charge on any atom is -0.467 e. The van der Waals surface area contributed by atoms with Gasteiger partial charge in [-0.15, -0.1) is 0 Å². The Labute approximate surface area is 118 Å². The van der Waals surface area contributed by atoms with E-state index in [0.29, 0.717) is 0 Å². The summed E-state index contributed by atoms with van der Waals surface area (Å²) in [5.74, 6) is -0.674. The van der Waals surface area contributed by atoms with Crippen LogP contribution in [0.5, 0.6) is 0 Å². The lowest BCUT2D eigenvalue weighted by atomic mass is 10.2. The average molecular weight is 305 g/mol. The number of alkyl halides is 3. The quantitative estimate of drug-likeness (QED) is 0.767. The monoisotopic (exact) mass is 305 g/mol. The molecule has 0 spiro atoms. The molecule has 1 unspecified atom stereocenters. The number of halogens is 3. The number of carbonyl (C=O) groups excluding carboxylic acids is 1. The van der Waals surface area contributed by atoms with E-state index < -0.39 is 23.9 Å². The van der Waals surface area contributed by atoms with Crippen LogP contribution in [0.1, 0.15) is 12.6 Å². The fourth-order valence-corrected chi connectivity index (χ4v) is 2.04. The minimum absolute atomic E-state index is 0.0400. The van der Waals surface area contributed by atoms with Gasteiger partial charge < -0.3 is 14.4 Å². The lowest BCUT2D eigenvalue weighted by Gasteiger charge is -2.35. The Morgan fingerprint density at radius 1 is 1.48 bits per heavy atom. The van der Waals surface area contributed by atoms with Crippen molar-refractivity contribution in [2.24, 2.45) is 0 Å². The number of aromatic nitrogens is 2. The predicted octanol–water partition coefficient (Wildman–Crippen LogP) is 1.26. The van der Waals surface area contributed by atoms with Gasteiger partial charge in [-0.2, -0.15) is 13.2 Å². The van der Waals surface area contributed by atoms with Crippen molar-refractivity contribution in [3.8, 4) is 0 Å². The fourth-order valence-electron chi connectivity index (χ4n) is 2.04. The number of nitrogens with zero attached hydrogens (tertiary/aromatic N) is 3. The van der Waals surface area contributed by atoms with E-state index in [4.69, 9.17) is 4.74 Å². The standard InChI is InChI=1S/C12H14F3N3O3/c1-7-5-18(6-8(21-7)10(19)20-2)11-16-4-3-9(17-11)12(13,14)15/h3-4,7-8H,5-6H2,1-2H3/t7-,8?/m1/s1. The lowest BCUT2D eigenvalue weighted by Crippen LogP contribution is -2.50. The number of hydrogen-bond acceptors (Lipinski definition) is 6. The summed E-state index contributed by atoms with van der Waals surface area (Å²) in [4.78, 5) is 20.3. The second-order valence-corrected chi connectivity index (χ2v) is 4.60. The Bertz CT molecular complexity index is 524. The second kappa shape index (κ2) is 5.84. The maximum atomic E-state index is 12.7. The fraction of sp³-hybridized carbons (Fsp3) is 0.583. The minimum atomic E-state index is -4.54. The van der Waals surface area contributed by atoms with Gasteiger partial charge in [-0.3, -0.25) is 0 Å². The van der Waals surface area contributed by atoms with Crippen LogP contribution in [-0.4, -0.2) is 48.3 Å². The SMILES string of the molecule is COC(=O)C1CN(c2nccc(C(F)(F)F)n2)C[C@@H](C)O1. The maximum absolute atomic E-state index is 12.7. The normalized spacial score (nSPS) is 23.0. The maximum Gasteiger partial charge on any atom is 0.433 e. The van der Waals surface area contributed by atoms with Gasteiger partial charge in [-0.05, 0) is 13.0 Å². The molecule has 1 aliphatic rings. The third-order valence-electron chi connectivity index (χ3n) is 2.94. The smallest absolute Gasteiger partial charge is 0.433 e. The average Bonchev–Trinajstić information content (AvgIpc) is 2.45. The van der Waals surface area contributed by atoms with E-state index >= 15 is 0 Å². The number of esters is 1. The zero-order chi connectivity index (χ0) is 15.6. The van der Waals surface area contributed by atoms with E-state index in [1.807, 2.05) is 0 Å². The number of anilines is 1. The molecule has 116 valence electrons. The van der Waals surface area contributed by atoms with Gasteiger partial charge in [0.25, 0.3) is 0 Å². The molecular formula is C12H14F3N3O3. The van der Waals surface area contributed by atoms with Crippen molar-refractivity contribution in [2.75, 3.05) is 25.1 Å². The van der Waals surface area contributed by atoms with Crippen LogP contribution in [0, 0.1) is 0 Å². The van der Waals surface area contributed by atoms with Crippen molar-refractivity contribution < 1.29 is 27.4 Å². The first-order valence-corrected chi connectivity index (χ1v) is 6.19. The summed E-state index contributed by atoms with van der Waals surface area (Å²) in [6.45, 7) is 2.03. The summed E-state index contributed by atoms with van der Waals surface area (Å²) in [7, 11) is 1.22. The number of morpholine rings is 1. The molecule has 6 nitrogen and oxygen atoms in total. The summed E-state index contributed by atoms with van der Waals surface area (Å²) in [5, 5.41) is 0. The highest BCUT2D eigenvalue weighted by Gasteiger charge is 2.35. The van der Waals surface area contributed by atoms with E-state index in [1.165, 1.54) is 12.0 Å². The molecule has 9 heteroatoms. The van der Waals surface area contributed by atoms with Crippen LogP contribution < -0.4 is 4.90 Å². The van der Waals surface area contributed by atoms with Gasteiger partial charge in [0.15, 0.2) is 6.10 Å². The summed E-state index contributed by atoms with van der Waals surface area (Å²) < 4.78 is 48.0. The third kappa shape index (κ3) is 3.60. The van der Waals surface area contributed by atoms with Gasteiger partial charge in [-0.1, -0.05) is 0 Å². The summed E-state index contributed by atoms with van der Waals surface area (Å²) in [6, 6.07) is 0.797. The van der Waals surface area contributed by atoms with Crippen LogP contribution in [-0.2, 0) is 20.4 Å². The van der Waals surface area contributed by atoms with E-state index in [1.54, 1.807) is 6.92 Å². The van der Waals surface area contributed by atoms with Gasteiger partial charge in [0, 0.05) is 12.7 Å². The molecule has 1 aromatic heterocycles. The van der Waals surface area contributed by atoms with E-state index in [-0.39, 0.29) is 25.1 Å². The van der Waals surface area contributed by atoms with Crippen molar-refractivity contribution in [2.45, 2.75) is 25.3 Å². The highest BCUT2D eigenvalue weighted by Crippen LogP contribution is 2.28. The van der Waals surface area contributed by atoms with Crippen molar-refractivity contribution in [3.05, 3.63) is 18.0 Å². The van der Waals surface area contributed by atoms with Gasteiger partial charge in [0.1, 0.15) is 5.69 Å². The van der Waals surface area contributed by atoms with Crippen LogP contribution in [0.25, 0.3) is 0 Å². The molecule has 21 heavy (non-hydrogen) atoms. The summed E-state index contributed by atoms with van der Waals surface area (Å²) in [6.07, 6.45) is -4.74. The number of carbonyl (C=O) groups is 1. The third-order valence-corrected chi connectivity index (χ3v) is 2.94. The first-order chi connectivity index (χ1) is 9.81. The number of rotatable bonds is 2. The Hall–Kier alpha value is -1.90. The van der Waals surface area contributed by atoms with Crippen LogP contribution in [0.15, 0.2) is 12.3 Å². The van der Waals surface area contributed by atoms with Crippen molar-refractivity contribution in [1.82, 2.24) is 9.97 Å². The van der Waals surface area contributed by atoms with Gasteiger partial charge in [-0.25, -0.2) is 14.8 Å². The van der Waals surface area contributed by atoms with Gasteiger partial charge in [0.05, 0.1) is 19.8 Å². The molecule has 0 radical (unpaired) electrons. The van der Waals surface area contributed by atoms with Crippen LogP contribution in [0.2, 0.25) is 0 Å². The molecule has 0 saturated carbocycles. The molecule has 2 rings (SSSR count). The zero-order valence-corrected chi connectivity index (χ0v) is 11.4. The largest absolute Gasteiger partial charge is 0.467 e. The Morgan fingerprint density at radius 2 is 2.19 bits per heavy atom. The molecule has 1 aromatic rings. The van der Waals surface area contributed by atoms with E-state index in [0.717, 1.165) is 12.3 Å². The topological polar surface area (TPSA) is 64.5 Å². The molecule has 1 saturated heterocycles. The van der Waals surface area contributed by atoms with Gasteiger partial charge >= 0.3 is 12.1 Å². The van der Waals surface area contributed by atoms with Crippen molar-refractivity contribution in [1.29, 1.82) is 0 Å². The molecule has 0 aromatic carbocycles. The summed E-state index contributed by atoms with van der Waals surface area (Å²) >= 11 is 0. The second-order valence-electron chi connectivity index (χ2n) is 4.60. The Morgan fingerprint density at radius 3 is 2.81 bits per heavy atom. The first-order valence-electron chi connectivity index (χ1n) is 6.19. The molecule has 0 aliphatic carbocycles. The molecule has 0 bridgehead atoms. The van der Waals surface area contributed by atoms with Crippen molar-refractivity contribution in [3.63, 3.8) is 0 Å². The predicted molar refractivity (Wildman–Crippen MR) is 65.6 cm³/mol. The van der Waals surface area contributed by atoms with Crippen LogP contribution >= 0.6 is 0 Å². The summed E-state index contributed by atoms with van der Waals surface area (Å²) in [5.41, 5.74) is -1.03. The van der Waals surface area contributed by atoms with Crippen LogP contribution in [0.4, 0.5) is 19.1 Å². The Kier molecular flexibility index (Phi) is 4.31. The number of methoxy groups -OCH3 is 1. The molecular weight excluding hydrogens is 291 g/mol. The lowest BCUT2D eigenvalue weighted by molar-refractivity contribution is -0.158. The van der Waals surface area contributed by atoms with Crippen LogP contribution in [0.3, 0.4) is 0 Å². The molecule has 1 fully saturated rings. The number of ether oxygens (including phenoxy) is 2. The molecule has 2 heterocycles. The first kappa shape index (κ1) is 15.5. The zero-order valence-electron chi connectivity index (χ0n) is 11.4. The van der Waals surface area contributed by atoms with Gasteiger partial charge in [0.2, 0.25) is 5.95 Å². The molecule has 0 N–H and O–H groups in total. The Balaban J connectivity index is 2.22. The van der Waals surface area contributed by atoms with E-state index in [9.17, 15) is 18.0 Å². The molecule has 2 atom stereocenters. The number of hydrogen-bond donors (Lipinski definition) is 0. The molecule has 0 amide bonds. The van der Waals surface area contributed by atoms with Crippen molar-refractivity contribution >= 4 is 11.9 Å².